The molecule has 1 rings (SSSR count). The Bertz CT molecular complexity index is 303. The van der Waals surface area contributed by atoms with Crippen molar-refractivity contribution in [3.63, 3.8) is 0 Å². The van der Waals surface area contributed by atoms with Gasteiger partial charge < -0.3 is 15.3 Å². The van der Waals surface area contributed by atoms with Crippen LogP contribution in [0, 0.1) is 11.8 Å². The summed E-state index contributed by atoms with van der Waals surface area (Å²) in [7, 11) is 0. The Labute approximate surface area is 109 Å². The lowest BCUT2D eigenvalue weighted by Gasteiger charge is -2.25. The Kier molecular flexibility index (Phi) is 5.44. The maximum atomic E-state index is 12.0. The number of carbonyl (C=O) groups is 2. The van der Waals surface area contributed by atoms with E-state index in [0.717, 1.165) is 12.8 Å². The van der Waals surface area contributed by atoms with Crippen LogP contribution in [0.1, 0.15) is 40.0 Å². The average molecular weight is 256 g/mol. The molecule has 2 unspecified atom stereocenters. The molecule has 1 saturated heterocycles. The lowest BCUT2D eigenvalue weighted by Crippen LogP contribution is -2.45. The zero-order valence-electron chi connectivity index (χ0n) is 11.5. The number of hydrogen-bond acceptors (Lipinski definition) is 2. The molecule has 2 atom stereocenters. The van der Waals surface area contributed by atoms with Gasteiger partial charge in [0.05, 0.1) is 5.92 Å². The zero-order chi connectivity index (χ0) is 13.7. The number of likely N-dealkylation sites (tertiary alicyclic amines) is 1. The van der Waals surface area contributed by atoms with E-state index in [2.05, 4.69) is 19.2 Å². The second kappa shape index (κ2) is 6.61. The standard InChI is InChI=1S/C13H24N2O3/c1-4-10(5-2)9(3)14-13(18)15-7-6-11(8-15)12(16)17/h9-11H,4-8H2,1-3H3,(H,14,18)(H,16,17). The van der Waals surface area contributed by atoms with Crippen LogP contribution in [-0.4, -0.2) is 41.1 Å². The van der Waals surface area contributed by atoms with Crippen molar-refractivity contribution in [3.8, 4) is 0 Å². The largest absolute Gasteiger partial charge is 0.481 e. The van der Waals surface area contributed by atoms with Gasteiger partial charge in [0, 0.05) is 19.1 Å². The van der Waals surface area contributed by atoms with Gasteiger partial charge in [0.1, 0.15) is 0 Å². The second-order valence-corrected chi connectivity index (χ2v) is 5.08. The topological polar surface area (TPSA) is 69.6 Å². The van der Waals surface area contributed by atoms with Gasteiger partial charge in [-0.3, -0.25) is 4.79 Å². The second-order valence-electron chi connectivity index (χ2n) is 5.08. The fourth-order valence-electron chi connectivity index (χ4n) is 2.55. The molecule has 1 fully saturated rings. The van der Waals surface area contributed by atoms with E-state index in [0.29, 0.717) is 25.4 Å². The minimum atomic E-state index is -0.807. The maximum Gasteiger partial charge on any atom is 0.317 e. The lowest BCUT2D eigenvalue weighted by atomic mass is 9.96. The molecule has 18 heavy (non-hydrogen) atoms. The predicted molar refractivity (Wildman–Crippen MR) is 69.4 cm³/mol. The highest BCUT2D eigenvalue weighted by molar-refractivity contribution is 5.77. The van der Waals surface area contributed by atoms with Gasteiger partial charge in [0.25, 0.3) is 0 Å². The molecule has 2 N–H and O–H groups in total. The lowest BCUT2D eigenvalue weighted by molar-refractivity contribution is -0.141. The van der Waals surface area contributed by atoms with E-state index in [-0.39, 0.29) is 12.1 Å². The summed E-state index contributed by atoms with van der Waals surface area (Å²) in [6, 6.07) is 0.00882. The zero-order valence-corrected chi connectivity index (χ0v) is 11.5. The van der Waals surface area contributed by atoms with Crippen molar-refractivity contribution in [3.05, 3.63) is 0 Å². The van der Waals surface area contributed by atoms with E-state index < -0.39 is 11.9 Å². The third kappa shape index (κ3) is 3.62. The summed E-state index contributed by atoms with van der Waals surface area (Å²) >= 11 is 0. The highest BCUT2D eigenvalue weighted by Gasteiger charge is 2.31. The van der Waals surface area contributed by atoms with Crippen LogP contribution in [0.5, 0.6) is 0 Å². The number of urea groups is 1. The van der Waals surface area contributed by atoms with Crippen LogP contribution in [0.15, 0.2) is 0 Å². The number of amides is 2. The molecule has 5 nitrogen and oxygen atoms in total. The Morgan fingerprint density at radius 3 is 2.44 bits per heavy atom. The first-order valence-electron chi connectivity index (χ1n) is 6.77. The van der Waals surface area contributed by atoms with Crippen LogP contribution in [0.3, 0.4) is 0 Å². The van der Waals surface area contributed by atoms with Gasteiger partial charge in [-0.15, -0.1) is 0 Å². The Morgan fingerprint density at radius 2 is 2.00 bits per heavy atom. The number of carbonyl (C=O) groups excluding carboxylic acids is 1. The molecule has 0 bridgehead atoms. The fraction of sp³-hybridized carbons (Fsp3) is 0.846. The van der Waals surface area contributed by atoms with E-state index in [1.54, 1.807) is 4.90 Å². The van der Waals surface area contributed by atoms with Crippen molar-refractivity contribution in [2.24, 2.45) is 11.8 Å². The first kappa shape index (κ1) is 14.8. The monoisotopic (exact) mass is 256 g/mol. The van der Waals surface area contributed by atoms with Crippen molar-refractivity contribution in [2.75, 3.05) is 13.1 Å². The van der Waals surface area contributed by atoms with Crippen molar-refractivity contribution in [1.29, 1.82) is 0 Å². The summed E-state index contributed by atoms with van der Waals surface area (Å²) in [6.45, 7) is 7.12. The average Bonchev–Trinajstić information content (AvgIpc) is 2.79. The number of nitrogens with zero attached hydrogens (tertiary/aromatic N) is 1. The predicted octanol–water partition coefficient (Wildman–Crippen LogP) is 1.93. The smallest absolute Gasteiger partial charge is 0.317 e. The number of nitrogens with one attached hydrogen (secondary N) is 1. The first-order chi connectivity index (χ1) is 8.49. The summed E-state index contributed by atoms with van der Waals surface area (Å²) in [5.41, 5.74) is 0. The van der Waals surface area contributed by atoms with Gasteiger partial charge in [-0.05, 0) is 19.3 Å². The SMILES string of the molecule is CCC(CC)C(C)NC(=O)N1CCC(C(=O)O)C1. The number of hydrogen-bond donors (Lipinski definition) is 2. The Morgan fingerprint density at radius 1 is 1.39 bits per heavy atom. The van der Waals surface area contributed by atoms with Gasteiger partial charge >= 0.3 is 12.0 Å². The van der Waals surface area contributed by atoms with Gasteiger partial charge in [0.2, 0.25) is 0 Å². The van der Waals surface area contributed by atoms with E-state index >= 15 is 0 Å². The summed E-state index contributed by atoms with van der Waals surface area (Å²) in [4.78, 5) is 24.4. The summed E-state index contributed by atoms with van der Waals surface area (Å²) in [5, 5.41) is 11.9. The van der Waals surface area contributed by atoms with Crippen LogP contribution >= 0.6 is 0 Å². The van der Waals surface area contributed by atoms with E-state index in [4.69, 9.17) is 5.11 Å². The summed E-state index contributed by atoms with van der Waals surface area (Å²) in [6.07, 6.45) is 2.63. The molecule has 0 radical (unpaired) electrons. The summed E-state index contributed by atoms with van der Waals surface area (Å²) in [5.74, 6) is -0.732. The third-order valence-electron chi connectivity index (χ3n) is 3.93. The molecule has 1 heterocycles. The minimum Gasteiger partial charge on any atom is -0.481 e. The molecular weight excluding hydrogens is 232 g/mol. The van der Waals surface area contributed by atoms with Gasteiger partial charge in [-0.25, -0.2) is 4.79 Å². The van der Waals surface area contributed by atoms with E-state index in [1.165, 1.54) is 0 Å². The van der Waals surface area contributed by atoms with Crippen molar-refractivity contribution in [2.45, 2.75) is 46.1 Å². The number of carboxylic acids is 1. The fourth-order valence-corrected chi connectivity index (χ4v) is 2.55. The Hall–Kier alpha value is -1.26. The minimum absolute atomic E-state index is 0.127. The normalized spacial score (nSPS) is 21.1. The van der Waals surface area contributed by atoms with Crippen LogP contribution < -0.4 is 5.32 Å². The van der Waals surface area contributed by atoms with Crippen LogP contribution in [0.4, 0.5) is 4.79 Å². The molecular formula is C13H24N2O3. The van der Waals surface area contributed by atoms with Crippen molar-refractivity contribution >= 4 is 12.0 Å². The highest BCUT2D eigenvalue weighted by Crippen LogP contribution is 2.17. The molecule has 104 valence electrons. The maximum absolute atomic E-state index is 12.0. The molecule has 0 spiro atoms. The third-order valence-corrected chi connectivity index (χ3v) is 3.93. The number of carboxylic acid groups (broad SMARTS) is 1. The molecule has 1 aliphatic heterocycles. The van der Waals surface area contributed by atoms with Crippen LogP contribution in [0.25, 0.3) is 0 Å². The molecule has 0 aromatic heterocycles. The molecule has 2 amide bonds. The van der Waals surface area contributed by atoms with E-state index in [1.807, 2.05) is 6.92 Å². The Balaban J connectivity index is 2.44. The van der Waals surface area contributed by atoms with Gasteiger partial charge in [-0.2, -0.15) is 0 Å². The number of aliphatic carboxylic acids is 1. The first-order valence-corrected chi connectivity index (χ1v) is 6.77. The van der Waals surface area contributed by atoms with Gasteiger partial charge in [-0.1, -0.05) is 26.7 Å². The molecule has 1 aliphatic rings. The quantitative estimate of drug-likeness (QED) is 0.789. The molecule has 0 saturated carbocycles. The summed E-state index contributed by atoms with van der Waals surface area (Å²) < 4.78 is 0. The number of rotatable bonds is 5. The van der Waals surface area contributed by atoms with Gasteiger partial charge in [0.15, 0.2) is 0 Å². The van der Waals surface area contributed by atoms with Crippen molar-refractivity contribution < 1.29 is 14.7 Å². The molecule has 5 heteroatoms. The van der Waals surface area contributed by atoms with Crippen molar-refractivity contribution in [1.82, 2.24) is 10.2 Å². The molecule has 0 aromatic rings. The molecule has 0 aromatic carbocycles. The van der Waals surface area contributed by atoms with Crippen LogP contribution in [-0.2, 0) is 4.79 Å². The molecule has 0 aliphatic carbocycles. The highest BCUT2D eigenvalue weighted by atomic mass is 16.4. The van der Waals surface area contributed by atoms with Crippen LogP contribution in [0.2, 0.25) is 0 Å². The van der Waals surface area contributed by atoms with E-state index in [9.17, 15) is 9.59 Å².